The van der Waals surface area contributed by atoms with Gasteiger partial charge in [0.2, 0.25) is 5.88 Å². The summed E-state index contributed by atoms with van der Waals surface area (Å²) >= 11 is 0. The summed E-state index contributed by atoms with van der Waals surface area (Å²) in [6.07, 6.45) is 4.16. The third-order valence-corrected chi connectivity index (χ3v) is 6.49. The lowest BCUT2D eigenvalue weighted by atomic mass is 9.95. The van der Waals surface area contributed by atoms with E-state index in [0.717, 1.165) is 40.6 Å². The number of hydrogen-bond donors (Lipinski definition) is 1. The van der Waals surface area contributed by atoms with Crippen LogP contribution in [0.2, 0.25) is 0 Å². The smallest absolute Gasteiger partial charge is 0.233 e. The minimum Gasteiger partial charge on any atom is -0.493 e. The number of fused-ring (bicyclic) bond motifs is 2. The number of nitrogens with zero attached hydrogens (tertiary/aromatic N) is 5. The van der Waals surface area contributed by atoms with Crippen LogP contribution >= 0.6 is 0 Å². The van der Waals surface area contributed by atoms with Crippen LogP contribution in [0.4, 0.5) is 5.69 Å². The quantitative estimate of drug-likeness (QED) is 0.445. The van der Waals surface area contributed by atoms with Crippen LogP contribution in [0.15, 0.2) is 48.8 Å². The summed E-state index contributed by atoms with van der Waals surface area (Å²) in [6.45, 7) is 3.47. The lowest BCUT2D eigenvalue weighted by Crippen LogP contribution is -2.39. The summed E-state index contributed by atoms with van der Waals surface area (Å²) in [7, 11) is 3.23. The zero-order chi connectivity index (χ0) is 23.7. The Morgan fingerprint density at radius 3 is 2.56 bits per heavy atom. The molecule has 3 unspecified atom stereocenters. The Kier molecular flexibility index (Phi) is 6.02. The van der Waals surface area contributed by atoms with Gasteiger partial charge in [-0.2, -0.15) is 10.2 Å². The molecule has 9 nitrogen and oxygen atoms in total. The fourth-order valence-corrected chi connectivity index (χ4v) is 4.61. The van der Waals surface area contributed by atoms with Crippen molar-refractivity contribution in [2.75, 3.05) is 32.2 Å². The van der Waals surface area contributed by atoms with E-state index in [4.69, 9.17) is 19.9 Å². The maximum Gasteiger partial charge on any atom is 0.233 e. The molecule has 9 heteroatoms. The number of methoxy groups -OCH3 is 2. The molecule has 0 radical (unpaired) electrons. The van der Waals surface area contributed by atoms with E-state index in [1.54, 1.807) is 26.6 Å². The monoisotopic (exact) mass is 460 g/mol. The van der Waals surface area contributed by atoms with Gasteiger partial charge in [0, 0.05) is 30.0 Å². The summed E-state index contributed by atoms with van der Waals surface area (Å²) < 4.78 is 17.3. The normalized spacial score (nSPS) is 18.9. The van der Waals surface area contributed by atoms with Crippen molar-refractivity contribution in [3.05, 3.63) is 48.8 Å². The SMILES string of the molecule is CCC(N)C1CN(c2cnnc3cc(OC)c(OC)cc23)CC1Oc1cnc2ccccc2n1. The topological polar surface area (TPSA) is 109 Å². The molecule has 0 spiro atoms. The fourth-order valence-electron chi connectivity index (χ4n) is 4.61. The molecule has 34 heavy (non-hydrogen) atoms. The van der Waals surface area contributed by atoms with Gasteiger partial charge in [-0.25, -0.2) is 9.97 Å². The van der Waals surface area contributed by atoms with Crippen LogP contribution in [-0.2, 0) is 0 Å². The van der Waals surface area contributed by atoms with Gasteiger partial charge in [0.1, 0.15) is 6.10 Å². The predicted molar refractivity (Wildman–Crippen MR) is 131 cm³/mol. The molecule has 3 atom stereocenters. The summed E-state index contributed by atoms with van der Waals surface area (Å²) in [5, 5.41) is 9.47. The Balaban J connectivity index is 1.48. The molecule has 1 saturated heterocycles. The number of anilines is 1. The second kappa shape index (κ2) is 9.26. The van der Waals surface area contributed by atoms with Crippen LogP contribution in [0.5, 0.6) is 17.4 Å². The van der Waals surface area contributed by atoms with Crippen LogP contribution in [0.3, 0.4) is 0 Å². The average Bonchev–Trinajstić information content (AvgIpc) is 3.30. The molecule has 3 heterocycles. The van der Waals surface area contributed by atoms with Gasteiger partial charge < -0.3 is 24.8 Å². The van der Waals surface area contributed by atoms with E-state index in [9.17, 15) is 0 Å². The molecule has 0 bridgehead atoms. The molecule has 2 N–H and O–H groups in total. The number of para-hydroxylation sites is 2. The minimum absolute atomic E-state index is 0.0147. The van der Waals surface area contributed by atoms with Gasteiger partial charge in [-0.1, -0.05) is 19.1 Å². The molecular formula is C25H28N6O3. The standard InChI is InChI=1S/C25H28N6O3/c1-4-17(26)16-13-31(14-24(16)34-25-12-27-18-7-5-6-8-19(18)29-25)21-11-28-30-20-10-23(33-3)22(32-2)9-15(20)21/h5-12,16-17,24H,4,13-14,26H2,1-3H3. The van der Waals surface area contributed by atoms with E-state index in [0.29, 0.717) is 23.9 Å². The highest BCUT2D eigenvalue weighted by Gasteiger charge is 2.39. The van der Waals surface area contributed by atoms with Crippen LogP contribution < -0.4 is 24.8 Å². The zero-order valence-corrected chi connectivity index (χ0v) is 19.5. The van der Waals surface area contributed by atoms with Gasteiger partial charge in [-0.05, 0) is 24.6 Å². The average molecular weight is 461 g/mol. The highest BCUT2D eigenvalue weighted by Crippen LogP contribution is 2.37. The van der Waals surface area contributed by atoms with Crippen LogP contribution in [0, 0.1) is 5.92 Å². The van der Waals surface area contributed by atoms with E-state index in [1.807, 2.05) is 36.4 Å². The van der Waals surface area contributed by atoms with Crippen LogP contribution in [0.1, 0.15) is 13.3 Å². The van der Waals surface area contributed by atoms with Crippen molar-refractivity contribution in [2.45, 2.75) is 25.5 Å². The Morgan fingerprint density at radius 2 is 1.79 bits per heavy atom. The summed E-state index contributed by atoms with van der Waals surface area (Å²) in [5.74, 6) is 1.87. The third-order valence-electron chi connectivity index (χ3n) is 6.49. The van der Waals surface area contributed by atoms with Crippen molar-refractivity contribution in [3.63, 3.8) is 0 Å². The fraction of sp³-hybridized carbons (Fsp3) is 0.360. The van der Waals surface area contributed by atoms with E-state index in [-0.39, 0.29) is 18.1 Å². The molecule has 0 saturated carbocycles. The van der Waals surface area contributed by atoms with Crippen molar-refractivity contribution in [2.24, 2.45) is 11.7 Å². The predicted octanol–water partition coefficient (Wildman–Crippen LogP) is 3.21. The van der Waals surface area contributed by atoms with Gasteiger partial charge in [-0.15, -0.1) is 0 Å². The molecule has 1 aliphatic rings. The number of aromatic nitrogens is 4. The maximum atomic E-state index is 6.54. The highest BCUT2D eigenvalue weighted by molar-refractivity contribution is 5.93. The van der Waals surface area contributed by atoms with E-state index < -0.39 is 0 Å². The van der Waals surface area contributed by atoms with E-state index in [2.05, 4.69) is 32.0 Å². The highest BCUT2D eigenvalue weighted by atomic mass is 16.5. The Labute approximate surface area is 197 Å². The summed E-state index contributed by atoms with van der Waals surface area (Å²) in [4.78, 5) is 11.4. The first kappa shape index (κ1) is 22.1. The molecule has 0 amide bonds. The first-order valence-electron chi connectivity index (χ1n) is 11.4. The molecule has 2 aromatic heterocycles. The van der Waals surface area contributed by atoms with Crippen molar-refractivity contribution in [1.29, 1.82) is 0 Å². The largest absolute Gasteiger partial charge is 0.493 e. The molecular weight excluding hydrogens is 432 g/mol. The van der Waals surface area contributed by atoms with Gasteiger partial charge >= 0.3 is 0 Å². The van der Waals surface area contributed by atoms with Crippen LogP contribution in [0.25, 0.3) is 21.9 Å². The minimum atomic E-state index is -0.145. The van der Waals surface area contributed by atoms with Crippen LogP contribution in [-0.4, -0.2) is 59.6 Å². The number of hydrogen-bond acceptors (Lipinski definition) is 9. The molecule has 1 aliphatic heterocycles. The molecule has 1 fully saturated rings. The molecule has 0 aliphatic carbocycles. The van der Waals surface area contributed by atoms with E-state index in [1.165, 1.54) is 0 Å². The summed E-state index contributed by atoms with van der Waals surface area (Å²) in [6, 6.07) is 11.5. The van der Waals surface area contributed by atoms with Gasteiger partial charge in [0.15, 0.2) is 11.5 Å². The molecule has 4 aromatic rings. The van der Waals surface area contributed by atoms with E-state index >= 15 is 0 Å². The molecule has 2 aromatic carbocycles. The first-order chi connectivity index (χ1) is 16.6. The first-order valence-corrected chi connectivity index (χ1v) is 11.4. The van der Waals surface area contributed by atoms with Crippen molar-refractivity contribution in [3.8, 4) is 17.4 Å². The zero-order valence-electron chi connectivity index (χ0n) is 19.5. The number of nitrogens with two attached hydrogens (primary N) is 1. The maximum absolute atomic E-state index is 6.54. The Morgan fingerprint density at radius 1 is 1.03 bits per heavy atom. The molecule has 176 valence electrons. The summed E-state index contributed by atoms with van der Waals surface area (Å²) in [5.41, 5.74) is 9.87. The second-order valence-corrected chi connectivity index (χ2v) is 8.45. The lowest BCUT2D eigenvalue weighted by molar-refractivity contribution is 0.150. The van der Waals surface area contributed by atoms with Crippen molar-refractivity contribution >= 4 is 27.6 Å². The van der Waals surface area contributed by atoms with Gasteiger partial charge in [-0.3, -0.25) is 0 Å². The van der Waals surface area contributed by atoms with Gasteiger partial charge in [0.05, 0.1) is 55.4 Å². The van der Waals surface area contributed by atoms with Crippen molar-refractivity contribution < 1.29 is 14.2 Å². The van der Waals surface area contributed by atoms with Crippen molar-refractivity contribution in [1.82, 2.24) is 20.2 Å². The number of benzene rings is 2. The van der Waals surface area contributed by atoms with Gasteiger partial charge in [0.25, 0.3) is 0 Å². The Hall–Kier alpha value is -3.72. The third kappa shape index (κ3) is 4.03. The lowest BCUT2D eigenvalue weighted by Gasteiger charge is -2.23. The second-order valence-electron chi connectivity index (χ2n) is 8.45. The number of ether oxygens (including phenoxy) is 3. The number of rotatable bonds is 7. The molecule has 5 rings (SSSR count). The Bertz CT molecular complexity index is 1320.